The first-order valence-electron chi connectivity index (χ1n) is 11.0. The van der Waals surface area contributed by atoms with E-state index in [0.717, 1.165) is 12.2 Å². The molecule has 0 saturated heterocycles. The Balaban J connectivity index is 1.75. The van der Waals surface area contributed by atoms with E-state index in [0.29, 0.717) is 27.9 Å². The Kier molecular flexibility index (Phi) is 6.12. The molecule has 1 aromatic heterocycles. The summed E-state index contributed by atoms with van der Waals surface area (Å²) in [5, 5.41) is 21.1. The molecule has 2 aliphatic heterocycles. The number of hydrogen-bond donors (Lipinski definition) is 0. The molecule has 35 heavy (non-hydrogen) atoms. The summed E-state index contributed by atoms with van der Waals surface area (Å²) in [6.45, 7) is 3.70. The number of nitrogens with zero attached hydrogens (tertiary/aromatic N) is 5. The molecule has 0 saturated carbocycles. The number of para-hydroxylation sites is 1. The van der Waals surface area contributed by atoms with Gasteiger partial charge in [0.25, 0.3) is 5.69 Å². The van der Waals surface area contributed by atoms with Gasteiger partial charge < -0.3 is 14.2 Å². The van der Waals surface area contributed by atoms with E-state index in [4.69, 9.17) is 14.2 Å². The van der Waals surface area contributed by atoms with Gasteiger partial charge in [0, 0.05) is 17.7 Å². The van der Waals surface area contributed by atoms with Gasteiger partial charge in [0.2, 0.25) is 30.0 Å². The zero-order chi connectivity index (χ0) is 24.5. The lowest BCUT2D eigenvalue weighted by atomic mass is 10.1. The number of rotatable bonds is 6. The first-order chi connectivity index (χ1) is 17.0. The smallest absolute Gasteiger partial charge is 0.282 e. The predicted octanol–water partition coefficient (Wildman–Crippen LogP) is 4.51. The molecule has 0 aliphatic carbocycles. The van der Waals surface area contributed by atoms with Crippen molar-refractivity contribution in [3.8, 4) is 28.6 Å². The molecular weight excluding hydrogens is 474 g/mol. The van der Waals surface area contributed by atoms with E-state index < -0.39 is 11.2 Å². The molecule has 0 unspecified atom stereocenters. The fourth-order valence-electron chi connectivity index (χ4n) is 3.91. The van der Waals surface area contributed by atoms with Crippen LogP contribution in [-0.2, 0) is 4.79 Å². The zero-order valence-electron chi connectivity index (χ0n) is 19.0. The van der Waals surface area contributed by atoms with Crippen molar-refractivity contribution in [3.63, 3.8) is 0 Å². The standard InChI is InChI=1S/C23H21N5O6S/c1-3-9-35-23-24-21-20(25-26-23)13-7-5-6-8-15(13)27(19(29)4-2)22(34-21)14-10-17-18(33-12-32-17)11-16(14)28(30)31/h5-8,10-11,22H,3-4,9,12H2,1-2H3/t22-/m0/s1. The molecule has 3 aromatic rings. The fourth-order valence-corrected chi connectivity index (χ4v) is 4.55. The Labute approximate surface area is 204 Å². The summed E-state index contributed by atoms with van der Waals surface area (Å²) in [6, 6.07) is 9.89. The van der Waals surface area contributed by atoms with E-state index in [1.54, 1.807) is 25.1 Å². The molecule has 1 amide bonds. The van der Waals surface area contributed by atoms with Crippen LogP contribution in [0.3, 0.4) is 0 Å². The number of carbonyl (C=O) groups is 1. The van der Waals surface area contributed by atoms with Gasteiger partial charge in [-0.1, -0.05) is 43.8 Å². The number of thioether (sulfide) groups is 1. The van der Waals surface area contributed by atoms with Gasteiger partial charge in [0.15, 0.2) is 17.2 Å². The van der Waals surface area contributed by atoms with E-state index in [-0.39, 0.29) is 42.0 Å². The summed E-state index contributed by atoms with van der Waals surface area (Å²) in [4.78, 5) is 30.8. The predicted molar refractivity (Wildman–Crippen MR) is 127 cm³/mol. The van der Waals surface area contributed by atoms with Crippen LogP contribution in [-0.4, -0.2) is 38.6 Å². The summed E-state index contributed by atoms with van der Waals surface area (Å²) in [5.41, 5.74) is 1.28. The normalized spacial score (nSPS) is 15.6. The number of nitro groups is 1. The molecule has 12 heteroatoms. The third-order valence-corrected chi connectivity index (χ3v) is 6.55. The number of benzene rings is 2. The molecule has 0 bridgehead atoms. The molecule has 3 heterocycles. The maximum absolute atomic E-state index is 13.3. The lowest BCUT2D eigenvalue weighted by Gasteiger charge is -2.30. The minimum atomic E-state index is -1.21. The Morgan fingerprint density at radius 1 is 1.20 bits per heavy atom. The van der Waals surface area contributed by atoms with Crippen molar-refractivity contribution in [2.75, 3.05) is 17.4 Å². The molecular formula is C23H21N5O6S. The Morgan fingerprint density at radius 2 is 1.97 bits per heavy atom. The first-order valence-corrected chi connectivity index (χ1v) is 12.0. The highest BCUT2D eigenvalue weighted by atomic mass is 32.2. The maximum Gasteiger partial charge on any atom is 0.282 e. The highest BCUT2D eigenvalue weighted by Crippen LogP contribution is 2.47. The van der Waals surface area contributed by atoms with Crippen molar-refractivity contribution in [2.45, 2.75) is 38.1 Å². The Bertz CT molecular complexity index is 1320. The van der Waals surface area contributed by atoms with Crippen molar-refractivity contribution in [1.29, 1.82) is 0 Å². The van der Waals surface area contributed by atoms with E-state index >= 15 is 0 Å². The number of amides is 1. The largest absolute Gasteiger partial charge is 0.454 e. The van der Waals surface area contributed by atoms with Crippen LogP contribution >= 0.6 is 11.8 Å². The fraction of sp³-hybridized carbons (Fsp3) is 0.304. The lowest BCUT2D eigenvalue weighted by Crippen LogP contribution is -2.37. The van der Waals surface area contributed by atoms with Gasteiger partial charge in [-0.05, 0) is 18.6 Å². The molecule has 0 spiro atoms. The molecule has 1 atom stereocenters. The second-order valence-electron chi connectivity index (χ2n) is 7.72. The summed E-state index contributed by atoms with van der Waals surface area (Å²) in [7, 11) is 0. The van der Waals surface area contributed by atoms with Gasteiger partial charge in [-0.2, -0.15) is 4.98 Å². The van der Waals surface area contributed by atoms with Gasteiger partial charge in [0.1, 0.15) is 0 Å². The van der Waals surface area contributed by atoms with E-state index in [1.165, 1.54) is 28.8 Å². The summed E-state index contributed by atoms with van der Waals surface area (Å²) >= 11 is 1.42. The quantitative estimate of drug-likeness (QED) is 0.273. The topological polar surface area (TPSA) is 130 Å². The van der Waals surface area contributed by atoms with Gasteiger partial charge in [-0.25, -0.2) is 0 Å². The third kappa shape index (κ3) is 4.09. The van der Waals surface area contributed by atoms with Crippen molar-refractivity contribution in [2.24, 2.45) is 0 Å². The Hall–Kier alpha value is -3.93. The molecule has 2 aromatic carbocycles. The lowest BCUT2D eigenvalue weighted by molar-refractivity contribution is -0.386. The highest BCUT2D eigenvalue weighted by molar-refractivity contribution is 7.99. The van der Waals surface area contributed by atoms with Crippen LogP contribution in [0.15, 0.2) is 41.6 Å². The number of nitro benzene ring substituents is 1. The van der Waals surface area contributed by atoms with Crippen LogP contribution in [0, 0.1) is 10.1 Å². The van der Waals surface area contributed by atoms with Gasteiger partial charge in [-0.3, -0.25) is 19.8 Å². The average molecular weight is 496 g/mol. The zero-order valence-corrected chi connectivity index (χ0v) is 19.8. The first kappa shape index (κ1) is 22.8. The van der Waals surface area contributed by atoms with Crippen molar-refractivity contribution < 1.29 is 23.9 Å². The number of ether oxygens (including phenoxy) is 3. The maximum atomic E-state index is 13.3. The molecule has 5 rings (SSSR count). The van der Waals surface area contributed by atoms with Gasteiger partial charge >= 0.3 is 0 Å². The van der Waals surface area contributed by atoms with Crippen molar-refractivity contribution >= 4 is 29.0 Å². The number of aromatic nitrogens is 3. The summed E-state index contributed by atoms with van der Waals surface area (Å²) in [6.07, 6.45) is -0.153. The third-order valence-electron chi connectivity index (χ3n) is 5.50. The second kappa shape index (κ2) is 9.37. The minimum absolute atomic E-state index is 0.0557. The van der Waals surface area contributed by atoms with E-state index in [9.17, 15) is 14.9 Å². The van der Waals surface area contributed by atoms with Crippen LogP contribution in [0.25, 0.3) is 11.3 Å². The average Bonchev–Trinajstić information content (AvgIpc) is 3.28. The molecule has 11 nitrogen and oxygen atoms in total. The highest BCUT2D eigenvalue weighted by Gasteiger charge is 2.40. The monoisotopic (exact) mass is 495 g/mol. The molecule has 0 fully saturated rings. The number of hydrogen-bond acceptors (Lipinski definition) is 10. The van der Waals surface area contributed by atoms with Crippen molar-refractivity contribution in [3.05, 3.63) is 52.1 Å². The van der Waals surface area contributed by atoms with Crippen LogP contribution < -0.4 is 19.1 Å². The minimum Gasteiger partial charge on any atom is -0.454 e. The van der Waals surface area contributed by atoms with E-state index in [2.05, 4.69) is 15.2 Å². The Morgan fingerprint density at radius 3 is 2.71 bits per heavy atom. The van der Waals surface area contributed by atoms with Crippen molar-refractivity contribution in [1.82, 2.24) is 15.2 Å². The SMILES string of the molecule is CCCSc1nnc2c(n1)O[C@@H](c1cc3c(cc1[N+](=O)[O-])OCO3)N(C(=O)CC)c1ccccc1-2. The van der Waals surface area contributed by atoms with Crippen LogP contribution in [0.2, 0.25) is 0 Å². The van der Waals surface area contributed by atoms with E-state index in [1.807, 2.05) is 13.0 Å². The number of fused-ring (bicyclic) bond motifs is 4. The van der Waals surface area contributed by atoms with Gasteiger partial charge in [-0.15, -0.1) is 10.2 Å². The van der Waals surface area contributed by atoms with Crippen LogP contribution in [0.1, 0.15) is 38.5 Å². The van der Waals surface area contributed by atoms with Crippen LogP contribution in [0.5, 0.6) is 17.4 Å². The summed E-state index contributed by atoms with van der Waals surface area (Å²) in [5.74, 6) is 1.21. The second-order valence-corrected chi connectivity index (χ2v) is 8.78. The molecule has 180 valence electrons. The molecule has 0 N–H and O–H groups in total. The summed E-state index contributed by atoms with van der Waals surface area (Å²) < 4.78 is 17.1. The van der Waals surface area contributed by atoms with Crippen LogP contribution in [0.4, 0.5) is 11.4 Å². The van der Waals surface area contributed by atoms with Gasteiger partial charge in [0.05, 0.1) is 22.2 Å². The molecule has 2 aliphatic rings. The number of carbonyl (C=O) groups excluding carboxylic acids is 1. The molecule has 0 radical (unpaired) electrons. The number of anilines is 1.